The zero-order chi connectivity index (χ0) is 13.1. The van der Waals surface area contributed by atoms with Crippen molar-refractivity contribution in [2.45, 2.75) is 6.92 Å². The number of ether oxygens (including phenoxy) is 1. The third-order valence-electron chi connectivity index (χ3n) is 2.81. The van der Waals surface area contributed by atoms with E-state index in [-0.39, 0.29) is 17.1 Å². The van der Waals surface area contributed by atoms with Gasteiger partial charge in [0.1, 0.15) is 0 Å². The molecule has 0 bridgehead atoms. The van der Waals surface area contributed by atoms with E-state index in [9.17, 15) is 9.90 Å². The van der Waals surface area contributed by atoms with Gasteiger partial charge in [-0.1, -0.05) is 36.4 Å². The molecule has 2 aromatic carbocycles. The van der Waals surface area contributed by atoms with Gasteiger partial charge in [-0.05, 0) is 18.6 Å². The first-order valence-corrected chi connectivity index (χ1v) is 5.61. The second kappa shape index (κ2) is 4.92. The maximum absolute atomic E-state index is 12.2. The highest BCUT2D eigenvalue weighted by Crippen LogP contribution is 2.34. The molecule has 0 amide bonds. The normalized spacial score (nSPS) is 10.1. The number of aromatic hydroxyl groups is 1. The molecule has 0 heterocycles. The summed E-state index contributed by atoms with van der Waals surface area (Å²) < 4.78 is 5.10. The Balaban J connectivity index is 2.50. The van der Waals surface area contributed by atoms with Crippen LogP contribution in [0.3, 0.4) is 0 Å². The first-order valence-electron chi connectivity index (χ1n) is 5.61. The third kappa shape index (κ3) is 2.07. The van der Waals surface area contributed by atoms with Crippen LogP contribution in [0.4, 0.5) is 0 Å². The van der Waals surface area contributed by atoms with E-state index in [2.05, 4.69) is 0 Å². The molecule has 18 heavy (non-hydrogen) atoms. The molecule has 3 heteroatoms. The van der Waals surface area contributed by atoms with Gasteiger partial charge in [-0.15, -0.1) is 0 Å². The molecule has 0 aliphatic heterocycles. The number of ketones is 1. The van der Waals surface area contributed by atoms with Crippen molar-refractivity contribution in [3.8, 4) is 11.5 Å². The number of phenolic OH excluding ortho intramolecular Hbond substituents is 1. The van der Waals surface area contributed by atoms with Crippen LogP contribution in [0.25, 0.3) is 0 Å². The van der Waals surface area contributed by atoms with Crippen LogP contribution >= 0.6 is 0 Å². The lowest BCUT2D eigenvalue weighted by atomic mass is 10.0. The second-order valence-corrected chi connectivity index (χ2v) is 4.01. The van der Waals surface area contributed by atoms with Gasteiger partial charge in [-0.3, -0.25) is 4.79 Å². The SMILES string of the molecule is COc1c(C)ccc(C(=O)c2ccccc2)c1O. The summed E-state index contributed by atoms with van der Waals surface area (Å²) in [6.07, 6.45) is 0. The van der Waals surface area contributed by atoms with Gasteiger partial charge < -0.3 is 9.84 Å². The maximum Gasteiger partial charge on any atom is 0.196 e. The molecule has 1 N–H and O–H groups in total. The number of carbonyl (C=O) groups excluding carboxylic acids is 1. The lowest BCUT2D eigenvalue weighted by molar-refractivity contribution is 0.103. The van der Waals surface area contributed by atoms with E-state index in [1.165, 1.54) is 7.11 Å². The summed E-state index contributed by atoms with van der Waals surface area (Å²) in [5.74, 6) is 0.0227. The fraction of sp³-hybridized carbons (Fsp3) is 0.133. The fourth-order valence-corrected chi connectivity index (χ4v) is 1.86. The third-order valence-corrected chi connectivity index (χ3v) is 2.81. The van der Waals surface area contributed by atoms with Crippen molar-refractivity contribution in [1.29, 1.82) is 0 Å². The molecule has 0 aliphatic carbocycles. The standard InChI is InChI=1S/C15H14O3/c1-10-8-9-12(14(17)15(10)18-2)13(16)11-6-4-3-5-7-11/h3-9,17H,1-2H3. The zero-order valence-corrected chi connectivity index (χ0v) is 10.3. The summed E-state index contributed by atoms with van der Waals surface area (Å²) in [4.78, 5) is 12.2. The van der Waals surface area contributed by atoms with E-state index in [4.69, 9.17) is 4.74 Å². The topological polar surface area (TPSA) is 46.5 Å². The smallest absolute Gasteiger partial charge is 0.196 e. The Morgan fingerprint density at radius 3 is 2.39 bits per heavy atom. The van der Waals surface area contributed by atoms with Crippen LogP contribution < -0.4 is 4.74 Å². The predicted octanol–water partition coefficient (Wildman–Crippen LogP) is 2.94. The van der Waals surface area contributed by atoms with Crippen LogP contribution in [0.1, 0.15) is 21.5 Å². The lowest BCUT2D eigenvalue weighted by Gasteiger charge is -2.10. The second-order valence-electron chi connectivity index (χ2n) is 4.01. The van der Waals surface area contributed by atoms with Gasteiger partial charge in [0.15, 0.2) is 17.3 Å². The van der Waals surface area contributed by atoms with Crippen LogP contribution in [0.15, 0.2) is 42.5 Å². The molecule has 0 aromatic heterocycles. The van der Waals surface area contributed by atoms with E-state index in [0.717, 1.165) is 5.56 Å². The van der Waals surface area contributed by atoms with Crippen molar-refractivity contribution in [2.75, 3.05) is 7.11 Å². The number of phenols is 1. The molecule has 0 radical (unpaired) electrons. The number of methoxy groups -OCH3 is 1. The predicted molar refractivity (Wildman–Crippen MR) is 69.3 cm³/mol. The van der Waals surface area contributed by atoms with Crippen molar-refractivity contribution < 1.29 is 14.6 Å². The Bertz CT molecular complexity index is 574. The minimum Gasteiger partial charge on any atom is -0.504 e. The van der Waals surface area contributed by atoms with Crippen molar-refractivity contribution in [3.63, 3.8) is 0 Å². The van der Waals surface area contributed by atoms with E-state index in [0.29, 0.717) is 11.3 Å². The van der Waals surface area contributed by atoms with E-state index < -0.39 is 0 Å². The Morgan fingerprint density at radius 1 is 1.11 bits per heavy atom. The molecule has 0 atom stereocenters. The summed E-state index contributed by atoms with van der Waals surface area (Å²) in [6.45, 7) is 1.81. The van der Waals surface area contributed by atoms with Gasteiger partial charge in [-0.2, -0.15) is 0 Å². The van der Waals surface area contributed by atoms with Crippen LogP contribution in [-0.4, -0.2) is 18.0 Å². The molecule has 0 saturated carbocycles. The van der Waals surface area contributed by atoms with Crippen LogP contribution in [-0.2, 0) is 0 Å². The largest absolute Gasteiger partial charge is 0.504 e. The average molecular weight is 242 g/mol. The van der Waals surface area contributed by atoms with Crippen LogP contribution in [0, 0.1) is 6.92 Å². The molecule has 3 nitrogen and oxygen atoms in total. The summed E-state index contributed by atoms with van der Waals surface area (Å²) in [6, 6.07) is 12.2. The Kier molecular flexibility index (Phi) is 3.33. The highest BCUT2D eigenvalue weighted by molar-refractivity contribution is 6.11. The van der Waals surface area contributed by atoms with Gasteiger partial charge in [0.2, 0.25) is 0 Å². The average Bonchev–Trinajstić information content (AvgIpc) is 2.40. The Hall–Kier alpha value is -2.29. The van der Waals surface area contributed by atoms with Gasteiger partial charge in [0, 0.05) is 5.56 Å². The van der Waals surface area contributed by atoms with Crippen molar-refractivity contribution in [1.82, 2.24) is 0 Å². The number of rotatable bonds is 3. The number of benzene rings is 2. The fourth-order valence-electron chi connectivity index (χ4n) is 1.86. The number of hydrogen-bond acceptors (Lipinski definition) is 3. The van der Waals surface area contributed by atoms with E-state index >= 15 is 0 Å². The summed E-state index contributed by atoms with van der Waals surface area (Å²) >= 11 is 0. The van der Waals surface area contributed by atoms with Gasteiger partial charge in [0.05, 0.1) is 12.7 Å². The highest BCUT2D eigenvalue weighted by Gasteiger charge is 2.17. The summed E-state index contributed by atoms with van der Waals surface area (Å²) in [5.41, 5.74) is 1.59. The first-order chi connectivity index (χ1) is 8.65. The van der Waals surface area contributed by atoms with E-state index in [1.54, 1.807) is 36.4 Å². The molecular weight excluding hydrogens is 228 g/mol. The maximum atomic E-state index is 12.2. The van der Waals surface area contributed by atoms with E-state index in [1.807, 2.05) is 13.0 Å². The molecular formula is C15H14O3. The molecule has 0 unspecified atom stereocenters. The molecule has 0 spiro atoms. The summed E-state index contributed by atoms with van der Waals surface area (Å²) in [7, 11) is 1.47. The number of aryl methyl sites for hydroxylation is 1. The lowest BCUT2D eigenvalue weighted by Crippen LogP contribution is -2.03. The number of carbonyl (C=O) groups is 1. The minimum atomic E-state index is -0.216. The Labute approximate surface area is 106 Å². The molecule has 92 valence electrons. The van der Waals surface area contributed by atoms with Crippen molar-refractivity contribution in [2.24, 2.45) is 0 Å². The zero-order valence-electron chi connectivity index (χ0n) is 10.3. The van der Waals surface area contributed by atoms with Crippen molar-refractivity contribution in [3.05, 3.63) is 59.2 Å². The van der Waals surface area contributed by atoms with Gasteiger partial charge in [-0.25, -0.2) is 0 Å². The molecule has 2 aromatic rings. The van der Waals surface area contributed by atoms with Crippen LogP contribution in [0.5, 0.6) is 11.5 Å². The Morgan fingerprint density at radius 2 is 1.78 bits per heavy atom. The molecule has 0 fully saturated rings. The van der Waals surface area contributed by atoms with Gasteiger partial charge in [0.25, 0.3) is 0 Å². The molecule has 0 saturated heterocycles. The summed E-state index contributed by atoms with van der Waals surface area (Å²) in [5, 5.41) is 10.1. The highest BCUT2D eigenvalue weighted by atomic mass is 16.5. The first kappa shape index (κ1) is 12.2. The van der Waals surface area contributed by atoms with Crippen LogP contribution in [0.2, 0.25) is 0 Å². The minimum absolute atomic E-state index is 0.105. The quantitative estimate of drug-likeness (QED) is 0.842. The number of hydrogen-bond donors (Lipinski definition) is 1. The molecule has 2 rings (SSSR count). The molecule has 0 aliphatic rings. The van der Waals surface area contributed by atoms with Gasteiger partial charge >= 0.3 is 0 Å². The monoisotopic (exact) mass is 242 g/mol. The van der Waals surface area contributed by atoms with Crippen molar-refractivity contribution >= 4 is 5.78 Å².